The van der Waals surface area contributed by atoms with E-state index >= 15 is 0 Å². The van der Waals surface area contributed by atoms with Crippen LogP contribution in [-0.2, 0) is 0 Å². The molecule has 3 aromatic rings. The number of halogens is 1. The van der Waals surface area contributed by atoms with Gasteiger partial charge in [-0.1, -0.05) is 17.7 Å². The van der Waals surface area contributed by atoms with Crippen molar-refractivity contribution in [3.05, 3.63) is 71.1 Å². The summed E-state index contributed by atoms with van der Waals surface area (Å²) < 4.78 is 0. The van der Waals surface area contributed by atoms with Gasteiger partial charge in [-0.25, -0.2) is 9.97 Å². The maximum absolute atomic E-state index is 12.3. The molecule has 138 valence electrons. The SMILES string of the molecule is Cc1ccc(NC(=O)c2cnc(Nc3ccc(N(C)C)cc3)cn2)cc1Cl. The number of amides is 1. The summed E-state index contributed by atoms with van der Waals surface area (Å²) in [7, 11) is 3.98. The van der Waals surface area contributed by atoms with Crippen molar-refractivity contribution in [1.29, 1.82) is 0 Å². The first kappa shape index (κ1) is 18.7. The summed E-state index contributed by atoms with van der Waals surface area (Å²) in [6.45, 7) is 1.90. The van der Waals surface area contributed by atoms with E-state index in [-0.39, 0.29) is 11.6 Å². The van der Waals surface area contributed by atoms with E-state index in [2.05, 4.69) is 20.6 Å². The Morgan fingerprint density at radius 1 is 1.00 bits per heavy atom. The van der Waals surface area contributed by atoms with Gasteiger partial charge < -0.3 is 15.5 Å². The Hall–Kier alpha value is -3.12. The van der Waals surface area contributed by atoms with Crippen LogP contribution in [0.1, 0.15) is 16.1 Å². The van der Waals surface area contributed by atoms with Crippen LogP contribution in [0, 0.1) is 6.92 Å². The average molecular weight is 382 g/mol. The Kier molecular flexibility index (Phi) is 5.57. The maximum atomic E-state index is 12.3. The Morgan fingerprint density at radius 3 is 2.30 bits per heavy atom. The van der Waals surface area contributed by atoms with Crippen LogP contribution in [-0.4, -0.2) is 30.0 Å². The quantitative estimate of drug-likeness (QED) is 0.680. The van der Waals surface area contributed by atoms with Crippen molar-refractivity contribution in [2.45, 2.75) is 6.92 Å². The highest BCUT2D eigenvalue weighted by molar-refractivity contribution is 6.31. The molecule has 0 aliphatic carbocycles. The molecule has 7 heteroatoms. The third kappa shape index (κ3) is 4.74. The third-order valence-corrected chi connectivity index (χ3v) is 4.38. The third-order valence-electron chi connectivity index (χ3n) is 3.97. The molecule has 0 saturated heterocycles. The van der Waals surface area contributed by atoms with Gasteiger partial charge >= 0.3 is 0 Å². The lowest BCUT2D eigenvalue weighted by Crippen LogP contribution is -2.14. The molecule has 6 nitrogen and oxygen atoms in total. The number of aromatic nitrogens is 2. The molecule has 1 aromatic heterocycles. The van der Waals surface area contributed by atoms with Gasteiger partial charge in [-0.05, 0) is 48.9 Å². The van der Waals surface area contributed by atoms with Crippen molar-refractivity contribution in [2.24, 2.45) is 0 Å². The molecule has 0 fully saturated rings. The van der Waals surface area contributed by atoms with Crippen LogP contribution < -0.4 is 15.5 Å². The van der Waals surface area contributed by atoms with E-state index in [1.54, 1.807) is 12.1 Å². The molecule has 0 aliphatic rings. The van der Waals surface area contributed by atoms with Crippen molar-refractivity contribution in [3.8, 4) is 0 Å². The first-order valence-electron chi connectivity index (χ1n) is 8.36. The number of carbonyl (C=O) groups excluding carboxylic acids is 1. The van der Waals surface area contributed by atoms with Gasteiger partial charge in [-0.15, -0.1) is 0 Å². The number of benzene rings is 2. The second-order valence-electron chi connectivity index (χ2n) is 6.27. The van der Waals surface area contributed by atoms with Crippen molar-refractivity contribution in [1.82, 2.24) is 9.97 Å². The van der Waals surface area contributed by atoms with Crippen molar-refractivity contribution in [3.63, 3.8) is 0 Å². The minimum absolute atomic E-state index is 0.222. The van der Waals surface area contributed by atoms with Crippen LogP contribution >= 0.6 is 11.6 Å². The predicted octanol–water partition coefficient (Wildman–Crippen LogP) is 4.50. The molecule has 27 heavy (non-hydrogen) atoms. The summed E-state index contributed by atoms with van der Waals surface area (Å²) in [5.41, 5.74) is 3.78. The largest absolute Gasteiger partial charge is 0.378 e. The first-order valence-corrected chi connectivity index (χ1v) is 8.74. The monoisotopic (exact) mass is 381 g/mol. The predicted molar refractivity (Wildman–Crippen MR) is 110 cm³/mol. The van der Waals surface area contributed by atoms with Gasteiger partial charge in [0.05, 0.1) is 12.4 Å². The molecule has 0 spiro atoms. The molecule has 3 rings (SSSR count). The highest BCUT2D eigenvalue weighted by Gasteiger charge is 2.09. The first-order chi connectivity index (χ1) is 12.9. The Bertz CT molecular complexity index is 940. The van der Waals surface area contributed by atoms with Gasteiger partial charge in [0.2, 0.25) is 0 Å². The summed E-state index contributed by atoms with van der Waals surface area (Å²) in [5.74, 6) is 0.215. The number of carbonyl (C=O) groups is 1. The zero-order chi connectivity index (χ0) is 19.4. The summed E-state index contributed by atoms with van der Waals surface area (Å²) in [5, 5.41) is 6.52. The van der Waals surface area contributed by atoms with Crippen molar-refractivity contribution < 1.29 is 4.79 Å². The summed E-state index contributed by atoms with van der Waals surface area (Å²) >= 11 is 6.08. The summed E-state index contributed by atoms with van der Waals surface area (Å²) in [4.78, 5) is 22.8. The highest BCUT2D eigenvalue weighted by atomic mass is 35.5. The highest BCUT2D eigenvalue weighted by Crippen LogP contribution is 2.21. The van der Waals surface area contributed by atoms with Gasteiger partial charge in [0.15, 0.2) is 0 Å². The number of hydrogen-bond acceptors (Lipinski definition) is 5. The molecular weight excluding hydrogens is 362 g/mol. The van der Waals surface area contributed by atoms with Gasteiger partial charge in [-0.2, -0.15) is 0 Å². The van der Waals surface area contributed by atoms with E-state index in [9.17, 15) is 4.79 Å². The minimum atomic E-state index is -0.343. The van der Waals surface area contributed by atoms with Crippen LogP contribution in [0.3, 0.4) is 0 Å². The molecule has 1 amide bonds. The number of anilines is 4. The molecule has 0 atom stereocenters. The summed E-state index contributed by atoms with van der Waals surface area (Å²) in [6.07, 6.45) is 2.96. The Morgan fingerprint density at radius 2 is 1.70 bits per heavy atom. The van der Waals surface area contributed by atoms with E-state index in [1.807, 2.05) is 56.3 Å². The molecular formula is C20H20ClN5O. The number of nitrogens with one attached hydrogen (secondary N) is 2. The summed E-state index contributed by atoms with van der Waals surface area (Å²) in [6, 6.07) is 13.3. The van der Waals surface area contributed by atoms with E-state index in [0.717, 1.165) is 16.9 Å². The van der Waals surface area contributed by atoms with Crippen LogP contribution in [0.25, 0.3) is 0 Å². The van der Waals surface area contributed by atoms with E-state index in [1.165, 1.54) is 12.4 Å². The minimum Gasteiger partial charge on any atom is -0.378 e. The number of nitrogens with zero attached hydrogens (tertiary/aromatic N) is 3. The lowest BCUT2D eigenvalue weighted by molar-refractivity contribution is 0.102. The van der Waals surface area contributed by atoms with Gasteiger partial charge in [0.1, 0.15) is 11.5 Å². The molecule has 0 aliphatic heterocycles. The van der Waals surface area contributed by atoms with Crippen molar-refractivity contribution >= 4 is 40.4 Å². The fourth-order valence-electron chi connectivity index (χ4n) is 2.37. The number of aryl methyl sites for hydroxylation is 1. The zero-order valence-electron chi connectivity index (χ0n) is 15.3. The van der Waals surface area contributed by atoms with Crippen LogP contribution in [0.4, 0.5) is 22.9 Å². The lowest BCUT2D eigenvalue weighted by atomic mass is 10.2. The van der Waals surface area contributed by atoms with Crippen LogP contribution in [0.2, 0.25) is 5.02 Å². The van der Waals surface area contributed by atoms with Crippen molar-refractivity contribution in [2.75, 3.05) is 29.6 Å². The fourth-order valence-corrected chi connectivity index (χ4v) is 2.55. The zero-order valence-corrected chi connectivity index (χ0v) is 16.1. The molecule has 2 aromatic carbocycles. The van der Waals surface area contributed by atoms with Gasteiger partial charge in [0.25, 0.3) is 5.91 Å². The van der Waals surface area contributed by atoms with E-state index < -0.39 is 0 Å². The molecule has 0 saturated carbocycles. The van der Waals surface area contributed by atoms with Crippen LogP contribution in [0.15, 0.2) is 54.9 Å². The average Bonchev–Trinajstić information content (AvgIpc) is 2.66. The maximum Gasteiger partial charge on any atom is 0.275 e. The standard InChI is InChI=1S/C20H20ClN5O/c1-13-4-5-15(10-17(13)21)25-20(27)18-11-23-19(12-22-18)24-14-6-8-16(9-7-14)26(2)3/h4-12H,1-3H3,(H,23,24)(H,25,27). The Labute approximate surface area is 163 Å². The topological polar surface area (TPSA) is 70.2 Å². The van der Waals surface area contributed by atoms with E-state index in [4.69, 9.17) is 11.6 Å². The number of rotatable bonds is 5. The lowest BCUT2D eigenvalue weighted by Gasteiger charge is -2.13. The van der Waals surface area contributed by atoms with Crippen LogP contribution in [0.5, 0.6) is 0 Å². The smallest absolute Gasteiger partial charge is 0.275 e. The molecule has 0 radical (unpaired) electrons. The van der Waals surface area contributed by atoms with Gasteiger partial charge in [0, 0.05) is 36.2 Å². The van der Waals surface area contributed by atoms with E-state index in [0.29, 0.717) is 16.5 Å². The second-order valence-corrected chi connectivity index (χ2v) is 6.68. The molecule has 0 bridgehead atoms. The Balaban J connectivity index is 1.65. The fraction of sp³-hybridized carbons (Fsp3) is 0.150. The molecule has 2 N–H and O–H groups in total. The second kappa shape index (κ2) is 8.05. The molecule has 0 unspecified atom stereocenters. The normalized spacial score (nSPS) is 10.4. The number of hydrogen-bond donors (Lipinski definition) is 2. The molecule has 1 heterocycles. The van der Waals surface area contributed by atoms with Gasteiger partial charge in [-0.3, -0.25) is 4.79 Å².